The molecule has 3 N–H and O–H groups in total. The molecule has 4 heterocycles. The molecule has 1 spiro atoms. The van der Waals surface area contributed by atoms with Crippen LogP contribution in [0, 0.1) is 22.7 Å². The van der Waals surface area contributed by atoms with Crippen molar-refractivity contribution < 1.29 is 33.8 Å². The van der Waals surface area contributed by atoms with E-state index < -0.39 is 40.8 Å². The Labute approximate surface area is 413 Å². The van der Waals surface area contributed by atoms with Gasteiger partial charge in [-0.15, -0.1) is 0 Å². The number of aryl methyl sites for hydroxylation is 1. The minimum Gasteiger partial charge on any atom is -0.508 e. The van der Waals surface area contributed by atoms with Gasteiger partial charge in [-0.3, -0.25) is 29.0 Å². The summed E-state index contributed by atoms with van der Waals surface area (Å²) in [5.41, 5.74) is 9.72. The summed E-state index contributed by atoms with van der Waals surface area (Å²) in [5, 5.41) is 17.4. The van der Waals surface area contributed by atoms with Crippen molar-refractivity contribution in [3.8, 4) is 28.1 Å². The molecule has 374 valence electrons. The number of esters is 1. The Morgan fingerprint density at radius 2 is 1.73 bits per heavy atom. The Morgan fingerprint density at radius 1 is 0.957 bits per heavy atom. The number of likely N-dealkylation sites (N-methyl/N-ethyl adjacent to an activating group) is 1. The van der Waals surface area contributed by atoms with E-state index in [0.717, 1.165) is 57.5 Å². The van der Waals surface area contributed by atoms with Crippen LogP contribution in [0.2, 0.25) is 0 Å². The SMILES string of the molecule is C=CC(=O)N1CCC[C@H](C(=O)N(C)[C@H](C(=O)NC2CC[C@@]23Cc2cc(O)cc(c2)-c2ccc4c(c2)c(c(-c2cccc(CN(C)C)c2)n4CC)CC(C)(C)COC(=O)[C@@H]2CCCN(N2)C3=O)C(C)C)C1. The van der Waals surface area contributed by atoms with Gasteiger partial charge in [0.05, 0.1) is 23.6 Å². The van der Waals surface area contributed by atoms with Crippen molar-refractivity contribution in [3.63, 3.8) is 0 Å². The molecule has 4 aromatic rings. The van der Waals surface area contributed by atoms with Gasteiger partial charge < -0.3 is 34.4 Å². The van der Waals surface area contributed by atoms with Crippen molar-refractivity contribution in [1.29, 1.82) is 0 Å². The van der Waals surface area contributed by atoms with Crippen LogP contribution in [0.25, 0.3) is 33.3 Å². The van der Waals surface area contributed by atoms with E-state index in [9.17, 15) is 24.3 Å². The number of nitrogens with one attached hydrogen (secondary N) is 2. The van der Waals surface area contributed by atoms with Crippen LogP contribution in [-0.2, 0) is 54.6 Å². The highest BCUT2D eigenvalue weighted by atomic mass is 16.5. The fourth-order valence-corrected chi connectivity index (χ4v) is 11.7. The number of likely N-dealkylation sites (tertiary alicyclic amines) is 1. The van der Waals surface area contributed by atoms with Gasteiger partial charge in [-0.25, -0.2) is 5.43 Å². The molecule has 14 heteroatoms. The molecular formula is C56H73N7O7. The number of ether oxygens (including phenoxy) is 1. The van der Waals surface area contributed by atoms with Crippen molar-refractivity contribution >= 4 is 40.5 Å². The molecule has 5 atom stereocenters. The summed E-state index contributed by atoms with van der Waals surface area (Å²) in [7, 11) is 5.78. The number of hydrazine groups is 1. The van der Waals surface area contributed by atoms with Gasteiger partial charge in [0.25, 0.3) is 0 Å². The lowest BCUT2D eigenvalue weighted by Gasteiger charge is -2.52. The van der Waals surface area contributed by atoms with Gasteiger partial charge in [-0.1, -0.05) is 64.6 Å². The molecule has 0 radical (unpaired) electrons. The number of rotatable bonds is 10. The number of phenols is 1. The van der Waals surface area contributed by atoms with Gasteiger partial charge in [-0.05, 0) is 148 Å². The van der Waals surface area contributed by atoms with Crippen molar-refractivity contribution in [2.45, 2.75) is 117 Å². The number of carbonyl (C=O) groups excluding carboxylic acids is 5. The number of hydrogen-bond donors (Lipinski definition) is 3. The molecule has 1 aliphatic carbocycles. The van der Waals surface area contributed by atoms with Crippen LogP contribution in [-0.4, -0.2) is 124 Å². The minimum absolute atomic E-state index is 0.0605. The van der Waals surface area contributed by atoms with Crippen LogP contribution < -0.4 is 10.7 Å². The first-order chi connectivity index (χ1) is 33.3. The lowest BCUT2D eigenvalue weighted by molar-refractivity contribution is -0.163. The average Bonchev–Trinajstić information content (AvgIpc) is 3.63. The van der Waals surface area contributed by atoms with Crippen LogP contribution in [0.5, 0.6) is 5.75 Å². The van der Waals surface area contributed by atoms with Gasteiger partial charge in [0.2, 0.25) is 23.6 Å². The van der Waals surface area contributed by atoms with Gasteiger partial charge in [0.15, 0.2) is 0 Å². The quantitative estimate of drug-likeness (QED) is 0.112. The molecule has 3 aliphatic heterocycles. The van der Waals surface area contributed by atoms with Gasteiger partial charge >= 0.3 is 5.97 Å². The Hall–Kier alpha value is -5.99. The number of phenolic OH excluding ortho intramolecular Hbond substituents is 1. The molecule has 3 fully saturated rings. The number of nitrogens with zero attached hydrogens (tertiary/aromatic N) is 5. The van der Waals surface area contributed by atoms with Crippen molar-refractivity contribution in [3.05, 3.63) is 90.0 Å². The van der Waals surface area contributed by atoms with E-state index in [4.69, 9.17) is 4.74 Å². The molecule has 4 amide bonds. The second-order valence-electron chi connectivity index (χ2n) is 21.8. The summed E-state index contributed by atoms with van der Waals surface area (Å²) in [5.74, 6) is -2.14. The third-order valence-corrected chi connectivity index (χ3v) is 15.2. The van der Waals surface area contributed by atoms with Crippen LogP contribution in [0.15, 0.2) is 73.3 Å². The smallest absolute Gasteiger partial charge is 0.324 e. The van der Waals surface area contributed by atoms with E-state index in [1.807, 2.05) is 19.9 Å². The number of fused-ring (bicyclic) bond motifs is 6. The van der Waals surface area contributed by atoms with E-state index in [1.165, 1.54) is 16.5 Å². The number of aromatic hydroxyl groups is 1. The van der Waals surface area contributed by atoms with E-state index in [-0.39, 0.29) is 54.9 Å². The molecule has 3 aromatic carbocycles. The number of benzene rings is 3. The predicted molar refractivity (Wildman–Crippen MR) is 272 cm³/mol. The number of piperidine rings is 1. The van der Waals surface area contributed by atoms with E-state index >= 15 is 4.79 Å². The summed E-state index contributed by atoms with van der Waals surface area (Å²) in [4.78, 5) is 75.9. The predicted octanol–water partition coefficient (Wildman–Crippen LogP) is 7.10. The number of carbonyl (C=O) groups is 5. The zero-order valence-electron chi connectivity index (χ0n) is 42.5. The highest BCUT2D eigenvalue weighted by molar-refractivity contribution is 5.96. The second-order valence-corrected chi connectivity index (χ2v) is 21.8. The fraction of sp³-hybridized carbons (Fsp3) is 0.518. The molecule has 14 nitrogen and oxygen atoms in total. The number of cyclic esters (lactones) is 1. The van der Waals surface area contributed by atoms with Crippen molar-refractivity contribution in [2.75, 3.05) is 47.4 Å². The molecule has 6 bridgehead atoms. The van der Waals surface area contributed by atoms with Gasteiger partial charge in [0.1, 0.15) is 17.8 Å². The van der Waals surface area contributed by atoms with Crippen molar-refractivity contribution in [2.24, 2.45) is 22.7 Å². The summed E-state index contributed by atoms with van der Waals surface area (Å²) >= 11 is 0. The molecular weight excluding hydrogens is 883 g/mol. The number of hydrogen-bond acceptors (Lipinski definition) is 9. The first kappa shape index (κ1) is 50.4. The average molecular weight is 956 g/mol. The zero-order chi connectivity index (χ0) is 50.2. The molecule has 1 aromatic heterocycles. The number of amides is 4. The Kier molecular flexibility index (Phi) is 14.7. The molecule has 8 rings (SSSR count). The number of aromatic nitrogens is 1. The maximum Gasteiger partial charge on any atom is 0.324 e. The van der Waals surface area contributed by atoms with E-state index in [2.05, 4.69) is 104 Å². The lowest BCUT2D eigenvalue weighted by atomic mass is 9.60. The molecule has 70 heavy (non-hydrogen) atoms. The maximum absolute atomic E-state index is 15.3. The summed E-state index contributed by atoms with van der Waals surface area (Å²) in [6.07, 6.45) is 5.35. The van der Waals surface area contributed by atoms with Crippen molar-refractivity contribution in [1.82, 2.24) is 35.0 Å². The first-order valence-electron chi connectivity index (χ1n) is 25.3. The maximum atomic E-state index is 15.3. The first-order valence-corrected chi connectivity index (χ1v) is 25.3. The summed E-state index contributed by atoms with van der Waals surface area (Å²) in [6.45, 7) is 16.7. The molecule has 1 unspecified atom stereocenters. The summed E-state index contributed by atoms with van der Waals surface area (Å²) in [6, 6.07) is 18.4. The van der Waals surface area contributed by atoms with Crippen LogP contribution in [0.4, 0.5) is 0 Å². The Morgan fingerprint density at radius 3 is 2.43 bits per heavy atom. The summed E-state index contributed by atoms with van der Waals surface area (Å²) < 4.78 is 8.56. The minimum atomic E-state index is -1.16. The van der Waals surface area contributed by atoms with E-state index in [0.29, 0.717) is 58.0 Å². The van der Waals surface area contributed by atoms with Crippen LogP contribution >= 0.6 is 0 Å². The molecule has 4 aliphatic rings. The van der Waals surface area contributed by atoms with Crippen LogP contribution in [0.1, 0.15) is 89.8 Å². The zero-order valence-corrected chi connectivity index (χ0v) is 42.5. The normalized spacial score (nSPS) is 23.1. The highest BCUT2D eigenvalue weighted by Gasteiger charge is 2.56. The van der Waals surface area contributed by atoms with Gasteiger partial charge in [0, 0.05) is 62.1 Å². The van der Waals surface area contributed by atoms with E-state index in [1.54, 1.807) is 29.1 Å². The largest absolute Gasteiger partial charge is 0.508 e. The Bertz CT molecular complexity index is 2670. The van der Waals surface area contributed by atoms with Crippen LogP contribution in [0.3, 0.4) is 0 Å². The lowest BCUT2D eigenvalue weighted by Crippen LogP contribution is -2.68. The topological polar surface area (TPSA) is 157 Å². The third kappa shape index (κ3) is 10.1. The highest BCUT2D eigenvalue weighted by Crippen LogP contribution is 2.47. The standard InChI is InChI=1S/C56H73N7O7/c1-10-48(65)61-23-13-17-40(33-61)52(67)60(9)49(35(3)4)51(66)57-47-21-22-56(47)30-37-26-41(28-42(64)27-37)38-19-20-46-43(29-38)44(50(62(46)11-2)39-16-12-15-36(25-39)32-59(7)8)31-55(5,6)34-70-53(68)45-18-14-24-63(58-45)54(56)69/h10,12,15-16,19-20,25-29,35,40,45,47,49,58,64H,1,11,13-14,17-18,21-24,30-34H2,2-9H3,(H,57,66)/t40-,45-,47?,49-,56+/m0/s1. The fourth-order valence-electron chi connectivity index (χ4n) is 11.7. The molecule has 2 saturated heterocycles. The monoisotopic (exact) mass is 956 g/mol. The van der Waals surface area contributed by atoms with Gasteiger partial charge in [-0.2, -0.15) is 0 Å². The third-order valence-electron chi connectivity index (χ3n) is 15.2. The second kappa shape index (κ2) is 20.4. The Balaban J connectivity index is 1.18. The molecule has 1 saturated carbocycles.